The molecule has 1 atom stereocenters. The number of amides is 1. The summed E-state index contributed by atoms with van der Waals surface area (Å²) < 4.78 is 4.86. The molecular weight excluding hydrogens is 226 g/mol. The largest absolute Gasteiger partial charge is 0.472 e. The molecule has 0 saturated carbocycles. The van der Waals surface area contributed by atoms with Gasteiger partial charge in [0.05, 0.1) is 11.8 Å². The molecule has 0 saturated heterocycles. The molecule has 0 aromatic carbocycles. The van der Waals surface area contributed by atoms with E-state index in [-0.39, 0.29) is 5.91 Å². The van der Waals surface area contributed by atoms with Crippen molar-refractivity contribution in [2.24, 2.45) is 5.92 Å². The van der Waals surface area contributed by atoms with E-state index < -0.39 is 0 Å². The number of nitrogens with one attached hydrogen (secondary N) is 1. The fraction of sp³-hybridized carbons (Fsp3) is 0.583. The van der Waals surface area contributed by atoms with Crippen molar-refractivity contribution in [1.82, 2.24) is 5.32 Å². The molecule has 0 spiro atoms. The van der Waals surface area contributed by atoms with Gasteiger partial charge in [-0.3, -0.25) is 4.79 Å². The number of halogens is 1. The zero-order valence-corrected chi connectivity index (χ0v) is 10.3. The first-order chi connectivity index (χ1) is 7.77. The molecule has 0 aliphatic heterocycles. The number of furan rings is 1. The minimum Gasteiger partial charge on any atom is -0.472 e. The van der Waals surface area contributed by atoms with Gasteiger partial charge in [0.2, 0.25) is 0 Å². The zero-order chi connectivity index (χ0) is 11.8. The van der Waals surface area contributed by atoms with E-state index in [1.54, 1.807) is 6.07 Å². The van der Waals surface area contributed by atoms with Gasteiger partial charge >= 0.3 is 0 Å². The van der Waals surface area contributed by atoms with Crippen LogP contribution < -0.4 is 5.32 Å². The maximum Gasteiger partial charge on any atom is 0.254 e. The maximum absolute atomic E-state index is 11.6. The number of rotatable bonds is 7. The Morgan fingerprint density at radius 1 is 1.56 bits per heavy atom. The number of carbonyl (C=O) groups is 1. The third-order valence-corrected chi connectivity index (χ3v) is 2.77. The van der Waals surface area contributed by atoms with Gasteiger partial charge in [-0.15, -0.1) is 11.6 Å². The minimum absolute atomic E-state index is 0.0792. The third-order valence-electron chi connectivity index (χ3n) is 2.55. The second kappa shape index (κ2) is 7.34. The first kappa shape index (κ1) is 13.1. The van der Waals surface area contributed by atoms with Crippen molar-refractivity contribution in [3.8, 4) is 0 Å². The first-order valence-electron chi connectivity index (χ1n) is 5.64. The van der Waals surface area contributed by atoms with Gasteiger partial charge in [0.1, 0.15) is 6.26 Å². The Hall–Kier alpha value is -0.960. The monoisotopic (exact) mass is 243 g/mol. The van der Waals surface area contributed by atoms with Gasteiger partial charge in [-0.25, -0.2) is 0 Å². The number of hydrogen-bond donors (Lipinski definition) is 1. The molecule has 1 heterocycles. The summed E-state index contributed by atoms with van der Waals surface area (Å²) in [6, 6.07) is 1.66. The van der Waals surface area contributed by atoms with Crippen LogP contribution in [0, 0.1) is 5.92 Å². The number of carbonyl (C=O) groups excluding carboxylic acids is 1. The Balaban J connectivity index is 2.34. The molecule has 1 N–H and O–H groups in total. The Morgan fingerprint density at radius 2 is 2.38 bits per heavy atom. The van der Waals surface area contributed by atoms with Crippen LogP contribution in [0.4, 0.5) is 0 Å². The summed E-state index contributed by atoms with van der Waals surface area (Å²) in [6.45, 7) is 2.82. The summed E-state index contributed by atoms with van der Waals surface area (Å²) >= 11 is 5.72. The fourth-order valence-electron chi connectivity index (χ4n) is 1.64. The van der Waals surface area contributed by atoms with Gasteiger partial charge in [0, 0.05) is 12.4 Å². The average Bonchev–Trinajstić information content (AvgIpc) is 2.79. The van der Waals surface area contributed by atoms with Crippen LogP contribution >= 0.6 is 11.6 Å². The lowest BCUT2D eigenvalue weighted by atomic mass is 10.0. The Morgan fingerprint density at radius 3 is 2.94 bits per heavy atom. The molecule has 1 aromatic rings. The van der Waals surface area contributed by atoms with Crippen molar-refractivity contribution in [2.45, 2.75) is 26.2 Å². The molecule has 0 aliphatic carbocycles. The van der Waals surface area contributed by atoms with Gasteiger partial charge in [-0.2, -0.15) is 0 Å². The SMILES string of the molecule is CCCC(CCCl)CNC(=O)c1ccoc1. The van der Waals surface area contributed by atoms with E-state index in [1.807, 2.05) is 0 Å². The van der Waals surface area contributed by atoms with Crippen LogP contribution in [0.1, 0.15) is 36.5 Å². The average molecular weight is 244 g/mol. The van der Waals surface area contributed by atoms with Crippen molar-refractivity contribution in [1.29, 1.82) is 0 Å². The molecule has 0 aliphatic rings. The molecule has 1 unspecified atom stereocenters. The zero-order valence-electron chi connectivity index (χ0n) is 9.54. The van der Waals surface area contributed by atoms with Gasteiger partial charge in [0.25, 0.3) is 5.91 Å². The minimum atomic E-state index is -0.0792. The smallest absolute Gasteiger partial charge is 0.254 e. The van der Waals surface area contributed by atoms with Crippen LogP contribution in [0.3, 0.4) is 0 Å². The molecule has 1 rings (SSSR count). The second-order valence-electron chi connectivity index (χ2n) is 3.85. The van der Waals surface area contributed by atoms with Gasteiger partial charge < -0.3 is 9.73 Å². The normalized spacial score (nSPS) is 12.4. The summed E-state index contributed by atoms with van der Waals surface area (Å²) in [5.74, 6) is 1.04. The quantitative estimate of drug-likeness (QED) is 0.748. The van der Waals surface area contributed by atoms with Gasteiger partial charge in [-0.05, 0) is 24.8 Å². The predicted molar refractivity (Wildman–Crippen MR) is 64.8 cm³/mol. The third kappa shape index (κ3) is 4.27. The van der Waals surface area contributed by atoms with Crippen LogP contribution in [0.2, 0.25) is 0 Å². The molecule has 3 nitrogen and oxygen atoms in total. The van der Waals surface area contributed by atoms with Crippen molar-refractivity contribution in [3.05, 3.63) is 24.2 Å². The van der Waals surface area contributed by atoms with Crippen molar-refractivity contribution in [2.75, 3.05) is 12.4 Å². The van der Waals surface area contributed by atoms with Crippen molar-refractivity contribution >= 4 is 17.5 Å². The molecule has 1 amide bonds. The maximum atomic E-state index is 11.6. The highest BCUT2D eigenvalue weighted by molar-refractivity contribution is 6.17. The summed E-state index contributed by atoms with van der Waals surface area (Å²) in [5.41, 5.74) is 0.570. The van der Waals surface area contributed by atoms with Crippen LogP contribution in [0.25, 0.3) is 0 Å². The van der Waals surface area contributed by atoms with Crippen LogP contribution in [0.5, 0.6) is 0 Å². The van der Waals surface area contributed by atoms with E-state index in [4.69, 9.17) is 16.0 Å². The first-order valence-corrected chi connectivity index (χ1v) is 6.17. The van der Waals surface area contributed by atoms with Crippen molar-refractivity contribution in [3.63, 3.8) is 0 Å². The Bertz CT molecular complexity index is 292. The van der Waals surface area contributed by atoms with Crippen LogP contribution in [-0.4, -0.2) is 18.3 Å². The molecule has 4 heteroatoms. The molecule has 1 aromatic heterocycles. The number of alkyl halides is 1. The summed E-state index contributed by atoms with van der Waals surface area (Å²) in [6.07, 6.45) is 6.10. The van der Waals surface area contributed by atoms with Gasteiger partial charge in [0.15, 0.2) is 0 Å². The molecular formula is C12H18ClNO2. The molecule has 16 heavy (non-hydrogen) atoms. The highest BCUT2D eigenvalue weighted by Crippen LogP contribution is 2.11. The van der Waals surface area contributed by atoms with E-state index >= 15 is 0 Å². The van der Waals surface area contributed by atoms with E-state index in [1.165, 1.54) is 12.5 Å². The highest BCUT2D eigenvalue weighted by atomic mass is 35.5. The molecule has 90 valence electrons. The molecule has 0 radical (unpaired) electrons. The van der Waals surface area contributed by atoms with E-state index in [9.17, 15) is 4.79 Å². The lowest BCUT2D eigenvalue weighted by molar-refractivity contribution is 0.0945. The van der Waals surface area contributed by atoms with Crippen molar-refractivity contribution < 1.29 is 9.21 Å². The van der Waals surface area contributed by atoms with Gasteiger partial charge in [-0.1, -0.05) is 13.3 Å². The van der Waals surface area contributed by atoms with Crippen LogP contribution in [-0.2, 0) is 0 Å². The Labute approximate surface area is 101 Å². The van der Waals surface area contributed by atoms with E-state index in [0.717, 1.165) is 19.3 Å². The topological polar surface area (TPSA) is 42.2 Å². The summed E-state index contributed by atoms with van der Waals surface area (Å²) in [4.78, 5) is 11.6. The summed E-state index contributed by atoms with van der Waals surface area (Å²) in [5, 5.41) is 2.90. The highest BCUT2D eigenvalue weighted by Gasteiger charge is 2.11. The Kier molecular flexibility index (Phi) is 6.01. The lowest BCUT2D eigenvalue weighted by Crippen LogP contribution is -2.29. The molecule has 0 bridgehead atoms. The van der Waals surface area contributed by atoms with Crippen LogP contribution in [0.15, 0.2) is 23.0 Å². The fourth-order valence-corrected chi connectivity index (χ4v) is 1.95. The standard InChI is InChI=1S/C12H18ClNO2/c1-2-3-10(4-6-13)8-14-12(15)11-5-7-16-9-11/h5,7,9-10H,2-4,6,8H2,1H3,(H,14,15). The summed E-state index contributed by atoms with van der Waals surface area (Å²) in [7, 11) is 0. The van der Waals surface area contributed by atoms with E-state index in [2.05, 4.69) is 12.2 Å². The lowest BCUT2D eigenvalue weighted by Gasteiger charge is -2.14. The number of hydrogen-bond acceptors (Lipinski definition) is 2. The van der Waals surface area contributed by atoms with E-state index in [0.29, 0.717) is 23.9 Å². The predicted octanol–water partition coefficient (Wildman–Crippen LogP) is 3.05. The second-order valence-corrected chi connectivity index (χ2v) is 4.23. The molecule has 0 fully saturated rings.